The summed E-state index contributed by atoms with van der Waals surface area (Å²) in [5, 5.41) is 16.0. The van der Waals surface area contributed by atoms with Crippen LogP contribution in [0.15, 0.2) is 46.0 Å². The Bertz CT molecular complexity index is 1540. The summed E-state index contributed by atoms with van der Waals surface area (Å²) in [5.74, 6) is 0.575. The highest BCUT2D eigenvalue weighted by Crippen LogP contribution is 2.36. The van der Waals surface area contributed by atoms with E-state index in [0.29, 0.717) is 28.6 Å². The molecule has 226 valence electrons. The number of piperazine rings is 1. The zero-order valence-electron chi connectivity index (χ0n) is 24.3. The van der Waals surface area contributed by atoms with Crippen LogP contribution in [0.2, 0.25) is 0 Å². The Hall–Kier alpha value is -4.28. The molecule has 3 atom stereocenters. The van der Waals surface area contributed by atoms with Crippen LogP contribution in [0.5, 0.6) is 0 Å². The fourth-order valence-corrected chi connectivity index (χ4v) is 6.40. The lowest BCUT2D eigenvalue weighted by Gasteiger charge is -2.42. The first-order valence-corrected chi connectivity index (χ1v) is 14.8. The minimum Gasteiger partial charge on any atom is -0.480 e. The van der Waals surface area contributed by atoms with Crippen molar-refractivity contribution in [3.05, 3.63) is 63.0 Å². The topological polar surface area (TPSA) is 128 Å². The number of fused-ring (bicyclic) bond motifs is 1. The van der Waals surface area contributed by atoms with E-state index < -0.39 is 41.4 Å². The lowest BCUT2D eigenvalue weighted by Crippen LogP contribution is -2.62. The predicted octanol–water partition coefficient (Wildman–Crippen LogP) is 2.85. The number of aromatic nitrogens is 1. The Morgan fingerprint density at radius 2 is 2.07 bits per heavy atom. The minimum absolute atomic E-state index is 0.00659. The molecule has 4 heterocycles. The summed E-state index contributed by atoms with van der Waals surface area (Å²) in [6.45, 7) is 8.33. The molecule has 43 heavy (non-hydrogen) atoms. The maximum atomic E-state index is 14.2. The lowest BCUT2D eigenvalue weighted by molar-refractivity contribution is -0.147. The fraction of sp³-hybridized carbons (Fsp3) is 0.433. The van der Waals surface area contributed by atoms with Gasteiger partial charge in [-0.3, -0.25) is 14.7 Å². The van der Waals surface area contributed by atoms with E-state index in [1.807, 2.05) is 20.8 Å². The number of halogens is 1. The molecule has 0 spiro atoms. The number of esters is 1. The normalized spacial score (nSPS) is 22.6. The zero-order chi connectivity index (χ0) is 31.1. The molecule has 1 aromatic carbocycles. The second-order valence-electron chi connectivity index (χ2n) is 11.4. The first kappa shape index (κ1) is 30.2. The molecule has 3 aliphatic heterocycles. The smallest absolute Gasteiger partial charge is 0.338 e. The number of thiazole rings is 1. The Kier molecular flexibility index (Phi) is 8.27. The second kappa shape index (κ2) is 11.8. The Labute approximate surface area is 253 Å². The molecule has 2 saturated heterocycles. The van der Waals surface area contributed by atoms with Gasteiger partial charge in [0.05, 0.1) is 18.2 Å². The average molecular weight is 609 g/mol. The molecule has 11 nitrogen and oxygen atoms in total. The highest BCUT2D eigenvalue weighted by molar-refractivity contribution is 7.11. The Balaban J connectivity index is 1.60. The number of amides is 2. The molecule has 0 aliphatic carbocycles. The SMILES string of the molecule is C#Cc1cc(F)ccc1C1N=C(c2nccs2)NC(CN2CCN3C(=O)N(C(C)(C)C)C[C@@H]3[C@H]2C(=O)O)=C1C(=O)OCC. The number of carbonyl (C=O) groups excluding carboxylic acids is 2. The summed E-state index contributed by atoms with van der Waals surface area (Å²) >= 11 is 1.33. The number of hydrogen-bond donors (Lipinski definition) is 2. The van der Waals surface area contributed by atoms with Gasteiger partial charge in [0.15, 0.2) is 10.8 Å². The predicted molar refractivity (Wildman–Crippen MR) is 158 cm³/mol. The number of benzene rings is 1. The standard InChI is InChI=1S/C30H33FN6O5S/c1-6-17-14-18(31)8-9-19(17)23-22(28(40)42-7-2)20(33-25(34-23)26-32-10-13-43-26)15-35-11-12-36-21(24(35)27(38)39)16-37(29(36)41)30(3,4)5/h1,8-10,13-14,21,23-24H,7,11-12,15-16H2,2-5H3,(H,33,34)(H,38,39)/t21-,23?,24+/m1/s1. The maximum absolute atomic E-state index is 14.2. The van der Waals surface area contributed by atoms with Gasteiger partial charge in [-0.25, -0.2) is 19.0 Å². The average Bonchev–Trinajstić information content (AvgIpc) is 3.61. The van der Waals surface area contributed by atoms with E-state index in [2.05, 4.69) is 16.2 Å². The highest BCUT2D eigenvalue weighted by Gasteiger charge is 2.52. The van der Waals surface area contributed by atoms with Crippen LogP contribution in [0.3, 0.4) is 0 Å². The fourth-order valence-electron chi connectivity index (χ4n) is 5.81. The van der Waals surface area contributed by atoms with Crippen LogP contribution in [0, 0.1) is 18.2 Å². The van der Waals surface area contributed by atoms with Gasteiger partial charge in [0.2, 0.25) is 0 Å². The van der Waals surface area contributed by atoms with Gasteiger partial charge >= 0.3 is 18.0 Å². The van der Waals surface area contributed by atoms with Gasteiger partial charge in [-0.15, -0.1) is 17.8 Å². The Morgan fingerprint density at radius 3 is 2.70 bits per heavy atom. The molecular weight excluding hydrogens is 575 g/mol. The number of nitrogens with zero attached hydrogens (tertiary/aromatic N) is 5. The zero-order valence-corrected chi connectivity index (χ0v) is 25.2. The van der Waals surface area contributed by atoms with E-state index in [1.54, 1.807) is 33.2 Å². The minimum atomic E-state index is -1.08. The summed E-state index contributed by atoms with van der Waals surface area (Å²) in [7, 11) is 0. The van der Waals surface area contributed by atoms with Crippen LogP contribution in [-0.4, -0.2) is 99.0 Å². The van der Waals surface area contributed by atoms with Gasteiger partial charge in [-0.2, -0.15) is 0 Å². The van der Waals surface area contributed by atoms with E-state index in [-0.39, 0.29) is 43.4 Å². The molecule has 1 unspecified atom stereocenters. The van der Waals surface area contributed by atoms with Crippen molar-refractivity contribution in [2.75, 3.05) is 32.8 Å². The van der Waals surface area contributed by atoms with Crippen molar-refractivity contribution in [1.82, 2.24) is 25.0 Å². The third kappa shape index (κ3) is 5.72. The number of ether oxygens (including phenoxy) is 1. The van der Waals surface area contributed by atoms with Gasteiger partial charge in [-0.05, 0) is 45.4 Å². The van der Waals surface area contributed by atoms with Crippen molar-refractivity contribution in [3.63, 3.8) is 0 Å². The van der Waals surface area contributed by atoms with Crippen LogP contribution >= 0.6 is 11.3 Å². The molecule has 0 bridgehead atoms. The number of amidine groups is 1. The molecule has 13 heteroatoms. The number of carboxylic acids is 1. The van der Waals surface area contributed by atoms with E-state index in [9.17, 15) is 23.9 Å². The number of aliphatic carboxylic acids is 1. The van der Waals surface area contributed by atoms with Crippen LogP contribution in [0.1, 0.15) is 49.9 Å². The van der Waals surface area contributed by atoms with Crippen molar-refractivity contribution in [1.29, 1.82) is 0 Å². The van der Waals surface area contributed by atoms with Gasteiger partial charge < -0.3 is 25.0 Å². The number of terminal acetylenes is 1. The van der Waals surface area contributed by atoms with Crippen molar-refractivity contribution in [3.8, 4) is 12.3 Å². The van der Waals surface area contributed by atoms with Crippen LogP contribution < -0.4 is 5.32 Å². The molecule has 2 aromatic rings. The van der Waals surface area contributed by atoms with Gasteiger partial charge in [0, 0.05) is 54.6 Å². The molecule has 2 amide bonds. The molecule has 2 fully saturated rings. The van der Waals surface area contributed by atoms with Crippen LogP contribution in [0.25, 0.3) is 0 Å². The molecule has 0 radical (unpaired) electrons. The number of carboxylic acid groups (broad SMARTS) is 1. The molecule has 2 N–H and O–H groups in total. The summed E-state index contributed by atoms with van der Waals surface area (Å²) in [6, 6.07) is 1.13. The molecule has 3 aliphatic rings. The summed E-state index contributed by atoms with van der Waals surface area (Å²) in [4.78, 5) is 53.8. The van der Waals surface area contributed by atoms with Crippen molar-refractivity contribution < 1.29 is 28.6 Å². The van der Waals surface area contributed by atoms with Gasteiger partial charge in [0.25, 0.3) is 0 Å². The van der Waals surface area contributed by atoms with Crippen molar-refractivity contribution in [2.24, 2.45) is 4.99 Å². The number of rotatable bonds is 7. The molecule has 5 rings (SSSR count). The number of carbonyl (C=O) groups is 3. The number of nitrogens with one attached hydrogen (secondary N) is 1. The van der Waals surface area contributed by atoms with E-state index >= 15 is 0 Å². The lowest BCUT2D eigenvalue weighted by atomic mass is 9.91. The van der Waals surface area contributed by atoms with Crippen LogP contribution in [-0.2, 0) is 14.3 Å². The van der Waals surface area contributed by atoms with Crippen molar-refractivity contribution in [2.45, 2.75) is 51.4 Å². The molecular formula is C30H33FN6O5S. The molecule has 0 saturated carbocycles. The van der Waals surface area contributed by atoms with Crippen molar-refractivity contribution >= 4 is 35.1 Å². The number of aliphatic imine (C=N–C) groups is 1. The Morgan fingerprint density at radius 1 is 1.30 bits per heavy atom. The second-order valence-corrected chi connectivity index (χ2v) is 12.3. The van der Waals surface area contributed by atoms with Gasteiger partial charge in [-0.1, -0.05) is 12.0 Å². The van der Waals surface area contributed by atoms with E-state index in [4.69, 9.17) is 16.2 Å². The van der Waals surface area contributed by atoms with E-state index in [1.165, 1.54) is 29.5 Å². The quantitative estimate of drug-likeness (QED) is 0.363. The number of urea groups is 1. The van der Waals surface area contributed by atoms with E-state index in [0.717, 1.165) is 0 Å². The first-order valence-electron chi connectivity index (χ1n) is 13.9. The third-order valence-electron chi connectivity index (χ3n) is 7.78. The first-order chi connectivity index (χ1) is 20.4. The summed E-state index contributed by atoms with van der Waals surface area (Å²) in [5.41, 5.74) is 0.660. The maximum Gasteiger partial charge on any atom is 0.338 e. The number of hydrogen-bond acceptors (Lipinski definition) is 9. The van der Waals surface area contributed by atoms with Gasteiger partial charge in [0.1, 0.15) is 17.9 Å². The third-order valence-corrected chi connectivity index (χ3v) is 8.56. The summed E-state index contributed by atoms with van der Waals surface area (Å²) in [6.07, 6.45) is 7.36. The summed E-state index contributed by atoms with van der Waals surface area (Å²) < 4.78 is 19.6. The highest BCUT2D eigenvalue weighted by atomic mass is 32.1. The monoisotopic (exact) mass is 608 g/mol. The molecule has 1 aromatic heterocycles. The largest absolute Gasteiger partial charge is 0.480 e. The van der Waals surface area contributed by atoms with Crippen LogP contribution in [0.4, 0.5) is 9.18 Å².